The highest BCUT2D eigenvalue weighted by Crippen LogP contribution is 2.19. The minimum atomic E-state index is -0.983. The minimum Gasteiger partial charge on any atom is -0.327 e. The molecule has 0 fully saturated rings. The van der Waals surface area contributed by atoms with E-state index in [1.54, 1.807) is 6.92 Å². The largest absolute Gasteiger partial charge is 0.327 e. The minimum absolute atomic E-state index is 0.0393. The molecule has 0 bridgehead atoms. The second-order valence-electron chi connectivity index (χ2n) is 5.35. The average Bonchev–Trinajstić information content (AvgIpc) is 3.03. The number of nitrogens with one attached hydrogen (secondary N) is 2. The third-order valence-electron chi connectivity index (χ3n) is 3.21. The number of aromatic amines is 1. The van der Waals surface area contributed by atoms with Gasteiger partial charge in [-0.3, -0.25) is 14.7 Å². The molecule has 9 heteroatoms. The van der Waals surface area contributed by atoms with Crippen LogP contribution in [0.1, 0.15) is 46.8 Å². The molecule has 0 saturated carbocycles. The van der Waals surface area contributed by atoms with Crippen LogP contribution in [0.3, 0.4) is 0 Å². The number of hydrogen-bond acceptors (Lipinski definition) is 4. The van der Waals surface area contributed by atoms with E-state index in [1.165, 1.54) is 6.08 Å². The summed E-state index contributed by atoms with van der Waals surface area (Å²) in [5.41, 5.74) is 4.81. The Hall–Kier alpha value is -3.20. The van der Waals surface area contributed by atoms with Gasteiger partial charge in [0.2, 0.25) is 0 Å². The van der Waals surface area contributed by atoms with E-state index >= 15 is 0 Å². The Morgan fingerprint density at radius 3 is 2.28 bits per heavy atom. The molecule has 2 rings (SSSR count). The molecular weight excluding hydrogens is 385 g/mol. The van der Waals surface area contributed by atoms with Crippen molar-refractivity contribution in [2.75, 3.05) is 11.9 Å². The maximum absolute atomic E-state index is 13.4. The molecule has 1 heterocycles. The number of allylic oxidation sites excluding steroid dienone is 2. The molecule has 6 nitrogen and oxygen atoms in total. The number of carbonyl (C=O) groups excluding carboxylic acids is 2. The summed E-state index contributed by atoms with van der Waals surface area (Å²) in [7, 11) is 0. The lowest BCUT2D eigenvalue weighted by molar-refractivity contribution is 0.101. The Bertz CT molecular complexity index is 801. The molecular formula is C20H25F3N4O2. The highest BCUT2D eigenvalue weighted by molar-refractivity contribution is 6.06. The van der Waals surface area contributed by atoms with Gasteiger partial charge in [0, 0.05) is 6.54 Å². The zero-order valence-corrected chi connectivity index (χ0v) is 16.5. The third kappa shape index (κ3) is 9.02. The lowest BCUT2D eigenvalue weighted by Crippen LogP contribution is -2.17. The number of H-pyrrole nitrogens is 1. The monoisotopic (exact) mass is 410 g/mol. The van der Waals surface area contributed by atoms with E-state index in [0.29, 0.717) is 24.9 Å². The maximum atomic E-state index is 13.4. The molecule has 0 aliphatic heterocycles. The summed E-state index contributed by atoms with van der Waals surface area (Å²) in [6.45, 7) is 6.06. The number of aldehydes is 1. The molecule has 0 atom stereocenters. The van der Waals surface area contributed by atoms with Crippen molar-refractivity contribution in [1.82, 2.24) is 10.2 Å². The number of aryl methyl sites for hydroxylation is 1. The quantitative estimate of drug-likeness (QED) is 0.500. The van der Waals surface area contributed by atoms with Gasteiger partial charge >= 0.3 is 0 Å². The number of carbonyl (C=O) groups is 2. The first kappa shape index (κ1) is 25.8. The summed E-state index contributed by atoms with van der Waals surface area (Å²) >= 11 is 0. The lowest BCUT2D eigenvalue weighted by Gasteiger charge is -2.06. The molecule has 0 aliphatic carbocycles. The Morgan fingerprint density at radius 2 is 1.90 bits per heavy atom. The van der Waals surface area contributed by atoms with Crippen molar-refractivity contribution in [2.45, 2.75) is 27.2 Å². The molecule has 158 valence electrons. The maximum Gasteiger partial charge on any atom is 0.261 e. The van der Waals surface area contributed by atoms with E-state index in [9.17, 15) is 22.8 Å². The van der Waals surface area contributed by atoms with Crippen molar-refractivity contribution in [2.24, 2.45) is 5.73 Å². The van der Waals surface area contributed by atoms with E-state index in [4.69, 9.17) is 5.73 Å². The Kier molecular flexibility index (Phi) is 13.2. The second kappa shape index (κ2) is 14.8. The van der Waals surface area contributed by atoms with Crippen LogP contribution < -0.4 is 11.1 Å². The van der Waals surface area contributed by atoms with Crippen LogP contribution in [0.4, 0.5) is 18.9 Å². The fourth-order valence-corrected chi connectivity index (χ4v) is 1.81. The average molecular weight is 410 g/mol. The number of aromatic nitrogens is 2. The van der Waals surface area contributed by atoms with E-state index in [1.807, 2.05) is 26.0 Å². The van der Waals surface area contributed by atoms with Crippen LogP contribution >= 0.6 is 0 Å². The van der Waals surface area contributed by atoms with E-state index in [0.717, 1.165) is 24.6 Å². The van der Waals surface area contributed by atoms with Gasteiger partial charge < -0.3 is 11.1 Å². The van der Waals surface area contributed by atoms with Crippen molar-refractivity contribution < 1.29 is 22.8 Å². The predicted octanol–water partition coefficient (Wildman–Crippen LogP) is 4.46. The second-order valence-corrected chi connectivity index (χ2v) is 5.35. The van der Waals surface area contributed by atoms with Crippen molar-refractivity contribution in [3.63, 3.8) is 0 Å². The zero-order chi connectivity index (χ0) is 22.2. The van der Waals surface area contributed by atoms with Crippen LogP contribution in [-0.4, -0.2) is 28.9 Å². The molecule has 0 unspecified atom stereocenters. The normalized spacial score (nSPS) is 10.2. The van der Waals surface area contributed by atoms with Crippen LogP contribution in [0, 0.1) is 18.6 Å². The smallest absolute Gasteiger partial charge is 0.261 e. The summed E-state index contributed by atoms with van der Waals surface area (Å²) in [6.07, 6.45) is 7.06. The van der Waals surface area contributed by atoms with Crippen molar-refractivity contribution >= 4 is 17.9 Å². The van der Waals surface area contributed by atoms with Gasteiger partial charge in [-0.1, -0.05) is 31.2 Å². The van der Waals surface area contributed by atoms with Crippen LogP contribution in [0.2, 0.25) is 0 Å². The van der Waals surface area contributed by atoms with Crippen molar-refractivity contribution in [1.29, 1.82) is 0 Å². The molecule has 29 heavy (non-hydrogen) atoms. The van der Waals surface area contributed by atoms with Crippen molar-refractivity contribution in [3.8, 4) is 0 Å². The first-order valence-electron chi connectivity index (χ1n) is 8.69. The Balaban J connectivity index is 0.000000653. The number of nitrogens with zero attached hydrogens (tertiary/aromatic N) is 1. The SMILES string of the molecule is C/C=C\CN.CC/C=C/F.Cc1[nH]nc(C=O)c1NC(=O)c1c(F)cccc1F. The third-order valence-corrected chi connectivity index (χ3v) is 3.21. The van der Waals surface area contributed by atoms with Crippen molar-refractivity contribution in [3.05, 3.63) is 71.3 Å². The number of rotatable bonds is 5. The van der Waals surface area contributed by atoms with Gasteiger partial charge in [0.1, 0.15) is 22.9 Å². The number of anilines is 1. The molecule has 0 spiro atoms. The van der Waals surface area contributed by atoms with Crippen LogP contribution in [0.25, 0.3) is 0 Å². The number of nitrogens with two attached hydrogens (primary N) is 1. The summed E-state index contributed by atoms with van der Waals surface area (Å²) < 4.78 is 37.7. The molecule has 4 N–H and O–H groups in total. The lowest BCUT2D eigenvalue weighted by atomic mass is 10.1. The molecule has 0 saturated heterocycles. The predicted molar refractivity (Wildman–Crippen MR) is 107 cm³/mol. The molecule has 1 aromatic carbocycles. The van der Waals surface area contributed by atoms with Gasteiger partial charge in [-0.2, -0.15) is 5.10 Å². The van der Waals surface area contributed by atoms with E-state index in [-0.39, 0.29) is 11.4 Å². The number of benzene rings is 1. The number of halogens is 3. The topological polar surface area (TPSA) is 101 Å². The molecule has 0 aliphatic rings. The highest BCUT2D eigenvalue weighted by Gasteiger charge is 2.20. The first-order chi connectivity index (χ1) is 13.9. The molecule has 2 aromatic rings. The van der Waals surface area contributed by atoms with Crippen LogP contribution in [0.15, 0.2) is 42.8 Å². The van der Waals surface area contributed by atoms with E-state index in [2.05, 4.69) is 15.5 Å². The standard InChI is InChI=1S/C12H9F2N3O2.C4H7F.C4H9N/c1-6-11(9(5-18)17-16-6)15-12(19)10-7(13)3-2-4-8(10)14;2*1-2-3-4-5/h2-5H,1H3,(H,15,19)(H,16,17);3-4H,2H2,1H3;2-3H,4-5H2,1H3/b;4-3+;3-2-. The summed E-state index contributed by atoms with van der Waals surface area (Å²) in [5.74, 6) is -2.94. The fraction of sp³-hybridized carbons (Fsp3) is 0.250. The highest BCUT2D eigenvalue weighted by atomic mass is 19.1. The van der Waals surface area contributed by atoms with Gasteiger partial charge in [-0.25, -0.2) is 13.2 Å². The van der Waals surface area contributed by atoms with Gasteiger partial charge in [-0.05, 0) is 32.4 Å². The fourth-order valence-electron chi connectivity index (χ4n) is 1.81. The summed E-state index contributed by atoms with van der Waals surface area (Å²) in [4.78, 5) is 22.5. The molecule has 1 amide bonds. The number of hydrogen-bond donors (Lipinski definition) is 3. The molecule has 0 radical (unpaired) electrons. The van der Waals surface area contributed by atoms with Gasteiger partial charge in [-0.15, -0.1) is 0 Å². The van der Waals surface area contributed by atoms with Gasteiger partial charge in [0.05, 0.1) is 17.7 Å². The number of amides is 1. The van der Waals surface area contributed by atoms with Gasteiger partial charge in [0.25, 0.3) is 5.91 Å². The molecule has 1 aromatic heterocycles. The van der Waals surface area contributed by atoms with Crippen LogP contribution in [0.5, 0.6) is 0 Å². The zero-order valence-electron chi connectivity index (χ0n) is 16.5. The Morgan fingerprint density at radius 1 is 1.28 bits per heavy atom. The summed E-state index contributed by atoms with van der Waals surface area (Å²) in [5, 5.41) is 8.39. The summed E-state index contributed by atoms with van der Waals surface area (Å²) in [6, 6.07) is 3.10. The van der Waals surface area contributed by atoms with E-state index < -0.39 is 23.1 Å². The van der Waals surface area contributed by atoms with Crippen LogP contribution in [-0.2, 0) is 0 Å². The van der Waals surface area contributed by atoms with Gasteiger partial charge in [0.15, 0.2) is 6.29 Å². The Labute approximate surface area is 167 Å². The first-order valence-corrected chi connectivity index (χ1v) is 8.69.